The molecule has 18 heavy (non-hydrogen) atoms. The van der Waals surface area contributed by atoms with Crippen LogP contribution in [0.4, 0.5) is 0 Å². The van der Waals surface area contributed by atoms with Crippen molar-refractivity contribution in [1.82, 2.24) is 4.31 Å². The highest BCUT2D eigenvalue weighted by molar-refractivity contribution is 7.89. The topological polar surface area (TPSA) is 63.4 Å². The molecular weight excluding hydrogens is 248 g/mol. The van der Waals surface area contributed by atoms with Gasteiger partial charge < -0.3 is 5.73 Å². The zero-order valence-electron chi connectivity index (χ0n) is 11.5. The monoisotopic (exact) mass is 270 g/mol. The van der Waals surface area contributed by atoms with Gasteiger partial charge in [-0.1, -0.05) is 19.1 Å². The first-order chi connectivity index (χ1) is 8.34. The minimum absolute atomic E-state index is 0.0106. The highest BCUT2D eigenvalue weighted by atomic mass is 32.2. The van der Waals surface area contributed by atoms with Crippen LogP contribution in [0.2, 0.25) is 0 Å². The van der Waals surface area contributed by atoms with Crippen LogP contribution in [0.15, 0.2) is 23.1 Å². The predicted molar refractivity (Wildman–Crippen MR) is 73.8 cm³/mol. The maximum absolute atomic E-state index is 12.4. The summed E-state index contributed by atoms with van der Waals surface area (Å²) in [5, 5.41) is 0. The van der Waals surface area contributed by atoms with Crippen LogP contribution in [0, 0.1) is 6.92 Å². The molecule has 102 valence electrons. The lowest BCUT2D eigenvalue weighted by Crippen LogP contribution is -2.35. The van der Waals surface area contributed by atoms with Gasteiger partial charge in [-0.15, -0.1) is 0 Å². The van der Waals surface area contributed by atoms with E-state index in [0.717, 1.165) is 17.5 Å². The molecule has 0 amide bonds. The van der Waals surface area contributed by atoms with Gasteiger partial charge in [0.25, 0.3) is 0 Å². The molecule has 1 aromatic rings. The Hall–Kier alpha value is -0.910. The molecule has 0 bridgehead atoms. The van der Waals surface area contributed by atoms with Crippen LogP contribution in [0.25, 0.3) is 0 Å². The Kier molecular flexibility index (Phi) is 4.90. The van der Waals surface area contributed by atoms with Gasteiger partial charge in [0, 0.05) is 19.6 Å². The Balaban J connectivity index is 3.21. The summed E-state index contributed by atoms with van der Waals surface area (Å²) < 4.78 is 26.3. The first kappa shape index (κ1) is 15.1. The van der Waals surface area contributed by atoms with E-state index in [4.69, 9.17) is 5.73 Å². The van der Waals surface area contributed by atoms with Crippen LogP contribution in [0.3, 0.4) is 0 Å². The van der Waals surface area contributed by atoms with Gasteiger partial charge in [0.2, 0.25) is 10.0 Å². The van der Waals surface area contributed by atoms with Gasteiger partial charge in [-0.3, -0.25) is 0 Å². The minimum Gasteiger partial charge on any atom is -0.326 e. The van der Waals surface area contributed by atoms with Crippen molar-refractivity contribution in [2.75, 3.05) is 7.05 Å². The molecule has 0 spiro atoms. The second kappa shape index (κ2) is 5.82. The second-order valence-corrected chi connectivity index (χ2v) is 6.55. The SMILES string of the molecule is CCC(C)N(C)S(=O)(=O)c1ccc(CN)cc1C. The van der Waals surface area contributed by atoms with Crippen molar-refractivity contribution in [3.8, 4) is 0 Å². The van der Waals surface area contributed by atoms with Crippen molar-refractivity contribution in [2.24, 2.45) is 5.73 Å². The molecular formula is C13H22N2O2S. The lowest BCUT2D eigenvalue weighted by molar-refractivity contribution is 0.380. The van der Waals surface area contributed by atoms with Crippen molar-refractivity contribution in [3.63, 3.8) is 0 Å². The van der Waals surface area contributed by atoms with Crippen molar-refractivity contribution < 1.29 is 8.42 Å². The molecule has 0 aromatic heterocycles. The molecule has 4 nitrogen and oxygen atoms in total. The number of sulfonamides is 1. The van der Waals surface area contributed by atoms with Gasteiger partial charge >= 0.3 is 0 Å². The third-order valence-corrected chi connectivity index (χ3v) is 5.48. The molecule has 1 aromatic carbocycles. The van der Waals surface area contributed by atoms with Crippen molar-refractivity contribution in [3.05, 3.63) is 29.3 Å². The maximum atomic E-state index is 12.4. The standard InChI is InChI=1S/C13H22N2O2S/c1-5-11(3)15(4)18(16,17)13-7-6-12(9-14)8-10(13)2/h6-8,11H,5,9,14H2,1-4H3. The highest BCUT2D eigenvalue weighted by Crippen LogP contribution is 2.22. The van der Waals surface area contributed by atoms with Crippen molar-refractivity contribution in [1.29, 1.82) is 0 Å². The van der Waals surface area contributed by atoms with Crippen LogP contribution >= 0.6 is 0 Å². The maximum Gasteiger partial charge on any atom is 0.243 e. The van der Waals surface area contributed by atoms with Gasteiger partial charge in [0.1, 0.15) is 0 Å². The van der Waals surface area contributed by atoms with E-state index in [0.29, 0.717) is 11.4 Å². The lowest BCUT2D eigenvalue weighted by atomic mass is 10.1. The largest absolute Gasteiger partial charge is 0.326 e. The number of hydrogen-bond acceptors (Lipinski definition) is 3. The summed E-state index contributed by atoms with van der Waals surface area (Å²) in [7, 11) is -1.79. The number of nitrogens with two attached hydrogens (primary N) is 1. The predicted octanol–water partition coefficient (Wildman–Crippen LogP) is 1.87. The fourth-order valence-electron chi connectivity index (χ4n) is 1.78. The fourth-order valence-corrected chi connectivity index (χ4v) is 3.42. The van der Waals surface area contributed by atoms with E-state index in [9.17, 15) is 8.42 Å². The molecule has 0 radical (unpaired) electrons. The molecule has 0 saturated heterocycles. The molecule has 0 saturated carbocycles. The van der Waals surface area contributed by atoms with Crippen molar-refractivity contribution in [2.45, 2.75) is 44.7 Å². The lowest BCUT2D eigenvalue weighted by Gasteiger charge is -2.24. The number of nitrogens with zero attached hydrogens (tertiary/aromatic N) is 1. The average molecular weight is 270 g/mol. The normalized spacial score (nSPS) is 13.9. The molecule has 1 atom stereocenters. The summed E-state index contributed by atoms with van der Waals surface area (Å²) in [6.45, 7) is 6.10. The molecule has 5 heteroatoms. The number of aryl methyl sites for hydroxylation is 1. The van der Waals surface area contributed by atoms with Gasteiger partial charge in [-0.2, -0.15) is 4.31 Å². The van der Waals surface area contributed by atoms with Gasteiger partial charge in [-0.25, -0.2) is 8.42 Å². The zero-order valence-corrected chi connectivity index (χ0v) is 12.3. The highest BCUT2D eigenvalue weighted by Gasteiger charge is 2.25. The van der Waals surface area contributed by atoms with Gasteiger partial charge in [-0.05, 0) is 37.5 Å². The Morgan fingerprint density at radius 2 is 2.00 bits per heavy atom. The summed E-state index contributed by atoms with van der Waals surface area (Å²) in [5.41, 5.74) is 7.23. The molecule has 0 heterocycles. The zero-order chi connectivity index (χ0) is 13.9. The molecule has 0 aliphatic heterocycles. The molecule has 2 N–H and O–H groups in total. The quantitative estimate of drug-likeness (QED) is 0.888. The van der Waals surface area contributed by atoms with E-state index in [1.165, 1.54) is 4.31 Å². The summed E-state index contributed by atoms with van der Waals surface area (Å²) in [6, 6.07) is 5.23. The summed E-state index contributed by atoms with van der Waals surface area (Å²) in [5.74, 6) is 0. The molecule has 0 aliphatic rings. The van der Waals surface area contributed by atoms with E-state index >= 15 is 0 Å². The first-order valence-corrected chi connectivity index (χ1v) is 7.56. The van der Waals surface area contributed by atoms with E-state index in [1.807, 2.05) is 19.9 Å². The van der Waals surface area contributed by atoms with Gasteiger partial charge in [0.15, 0.2) is 0 Å². The Morgan fingerprint density at radius 3 is 2.44 bits per heavy atom. The molecule has 1 unspecified atom stereocenters. The van der Waals surface area contributed by atoms with E-state index < -0.39 is 10.0 Å². The first-order valence-electron chi connectivity index (χ1n) is 6.12. The van der Waals surface area contributed by atoms with Crippen LogP contribution in [-0.4, -0.2) is 25.8 Å². The average Bonchev–Trinajstić information content (AvgIpc) is 2.36. The van der Waals surface area contributed by atoms with Gasteiger partial charge in [0.05, 0.1) is 4.90 Å². The number of benzene rings is 1. The van der Waals surface area contributed by atoms with E-state index in [-0.39, 0.29) is 6.04 Å². The second-order valence-electron chi connectivity index (χ2n) is 4.58. The molecule has 0 fully saturated rings. The molecule has 0 aliphatic carbocycles. The van der Waals surface area contributed by atoms with Crippen LogP contribution in [0.5, 0.6) is 0 Å². The Morgan fingerprint density at radius 1 is 1.39 bits per heavy atom. The summed E-state index contributed by atoms with van der Waals surface area (Å²) >= 11 is 0. The third kappa shape index (κ3) is 2.91. The number of hydrogen-bond donors (Lipinski definition) is 1. The van der Waals surface area contributed by atoms with Crippen LogP contribution in [-0.2, 0) is 16.6 Å². The summed E-state index contributed by atoms with van der Waals surface area (Å²) in [6.07, 6.45) is 0.787. The van der Waals surface area contributed by atoms with E-state index in [2.05, 4.69) is 0 Å². The summed E-state index contributed by atoms with van der Waals surface area (Å²) in [4.78, 5) is 0.363. The molecule has 1 rings (SSSR count). The van der Waals surface area contributed by atoms with E-state index in [1.54, 1.807) is 26.1 Å². The minimum atomic E-state index is -3.41. The Labute approximate surface area is 110 Å². The number of rotatable bonds is 5. The Bertz CT molecular complexity index is 512. The van der Waals surface area contributed by atoms with Crippen LogP contribution < -0.4 is 5.73 Å². The van der Waals surface area contributed by atoms with Crippen molar-refractivity contribution >= 4 is 10.0 Å². The third-order valence-electron chi connectivity index (χ3n) is 3.34. The fraction of sp³-hybridized carbons (Fsp3) is 0.538. The van der Waals surface area contributed by atoms with Crippen LogP contribution in [0.1, 0.15) is 31.4 Å². The smallest absolute Gasteiger partial charge is 0.243 e.